The number of carbonyl (C=O) groups excluding carboxylic acids is 5. The number of oxime groups is 1. The van der Waals surface area contributed by atoms with Gasteiger partial charge in [-0.15, -0.1) is 0 Å². The zero-order valence-electron chi connectivity index (χ0n) is 33.4. The lowest BCUT2D eigenvalue weighted by molar-refractivity contribution is -0.150. The highest BCUT2D eigenvalue weighted by atomic mass is 32.2. The molecule has 57 heavy (non-hydrogen) atoms. The third-order valence-electron chi connectivity index (χ3n) is 16.3. The van der Waals surface area contributed by atoms with E-state index in [9.17, 15) is 32.4 Å². The first kappa shape index (κ1) is 41.4. The van der Waals surface area contributed by atoms with Crippen molar-refractivity contribution in [2.75, 3.05) is 6.54 Å². The van der Waals surface area contributed by atoms with Gasteiger partial charge < -0.3 is 5.32 Å². The SMILES string of the molecule is C.C[C@]12CCC(=O)C=C1CC[C@@H]1[C@@H]2C(=O)C[C@]2(C)C(=O)CC[C@@H]12.Cc1ccc(S(=O)(=O)O/N=C2\CC[C@H]3[C@@H]4CCC5=CC(=O)NCC[C@]5(C)[C@H]4C(=O)C[C@]23C)cc1. The van der Waals surface area contributed by atoms with E-state index in [-0.39, 0.29) is 70.1 Å². The standard InChI is InChI=1S/C26H32N2O5S.C19H24O3.CH4/c1-16-4-7-18(8-5-16)34(31,32)33-28-22-11-10-20-19-9-6-17-14-23(30)27-13-12-25(17,2)24(19)21(29)15-26(20,22)3;1-18-8-7-12(20)9-11(18)3-4-13-14-5-6-16(22)19(14,2)10-15(21)17(13)18;/h4-5,7-8,14,19-20,24H,6,9-13,15H2,1-3H3,(H,27,30);9,13-14,17H,3-8,10H2,1-2H3;1H4/b28-22+;;/t19-,20-,24+,25-,26-;13-,14-,17+,18-,19-;/m00./s1. The molecule has 6 fully saturated rings. The average Bonchev–Trinajstić information content (AvgIpc) is 3.56. The number of hydrogen-bond donors (Lipinski definition) is 1. The predicted molar refractivity (Wildman–Crippen MR) is 216 cm³/mol. The minimum Gasteiger partial charge on any atom is -0.353 e. The van der Waals surface area contributed by atoms with Crippen LogP contribution in [0.4, 0.5) is 0 Å². The Labute approximate surface area is 338 Å². The largest absolute Gasteiger partial charge is 0.358 e. The molecule has 6 saturated carbocycles. The van der Waals surface area contributed by atoms with Crippen molar-refractivity contribution in [1.29, 1.82) is 0 Å². The van der Waals surface area contributed by atoms with Gasteiger partial charge in [-0.2, -0.15) is 8.42 Å². The van der Waals surface area contributed by atoms with Crippen molar-refractivity contribution >= 4 is 44.9 Å². The number of aryl methyl sites for hydroxylation is 1. The number of nitrogens with zero attached hydrogens (tertiary/aromatic N) is 1. The number of hydrogen-bond acceptors (Lipinski definition) is 9. The zero-order chi connectivity index (χ0) is 40.0. The van der Waals surface area contributed by atoms with E-state index in [1.54, 1.807) is 18.2 Å². The van der Waals surface area contributed by atoms with Gasteiger partial charge in [-0.25, -0.2) is 0 Å². The lowest BCUT2D eigenvalue weighted by Crippen LogP contribution is -2.55. The molecule has 10 atom stereocenters. The van der Waals surface area contributed by atoms with Crippen molar-refractivity contribution in [3.8, 4) is 0 Å². The summed E-state index contributed by atoms with van der Waals surface area (Å²) >= 11 is 0. The maximum atomic E-state index is 13.7. The van der Waals surface area contributed by atoms with Gasteiger partial charge in [0.1, 0.15) is 22.2 Å². The van der Waals surface area contributed by atoms with E-state index in [0.29, 0.717) is 62.0 Å². The van der Waals surface area contributed by atoms with Crippen molar-refractivity contribution in [2.45, 2.75) is 130 Å². The summed E-state index contributed by atoms with van der Waals surface area (Å²) in [6.45, 7) is 10.9. The van der Waals surface area contributed by atoms with E-state index in [1.165, 1.54) is 17.7 Å². The van der Waals surface area contributed by atoms with Crippen LogP contribution < -0.4 is 5.32 Å². The summed E-state index contributed by atoms with van der Waals surface area (Å²) in [4.78, 5) is 63.0. The van der Waals surface area contributed by atoms with Crippen molar-refractivity contribution in [1.82, 2.24) is 5.32 Å². The smallest absolute Gasteiger partial charge is 0.353 e. The first-order chi connectivity index (χ1) is 26.4. The fourth-order valence-electron chi connectivity index (χ4n) is 13.3. The number of nitrogens with one attached hydrogen (secondary N) is 1. The summed E-state index contributed by atoms with van der Waals surface area (Å²) < 4.78 is 30.5. The Morgan fingerprint density at radius 3 is 1.89 bits per heavy atom. The van der Waals surface area contributed by atoms with Crippen molar-refractivity contribution in [3.63, 3.8) is 0 Å². The first-order valence-corrected chi connectivity index (χ1v) is 22.2. The molecule has 0 aromatic heterocycles. The van der Waals surface area contributed by atoms with Crippen LogP contribution in [0.25, 0.3) is 0 Å². The molecule has 308 valence electrons. The van der Waals surface area contributed by atoms with Crippen LogP contribution in [0.1, 0.15) is 124 Å². The highest BCUT2D eigenvalue weighted by Crippen LogP contribution is 2.64. The highest BCUT2D eigenvalue weighted by Gasteiger charge is 2.63. The molecule has 0 spiro atoms. The second-order valence-electron chi connectivity index (χ2n) is 19.3. The number of ketones is 4. The van der Waals surface area contributed by atoms with E-state index in [4.69, 9.17) is 4.28 Å². The highest BCUT2D eigenvalue weighted by molar-refractivity contribution is 7.86. The van der Waals surface area contributed by atoms with Gasteiger partial charge in [-0.3, -0.25) is 28.3 Å². The number of amides is 1. The minimum absolute atomic E-state index is 0. The number of carbonyl (C=O) groups is 5. The van der Waals surface area contributed by atoms with Crippen molar-refractivity contribution < 1.29 is 36.7 Å². The molecule has 0 bridgehead atoms. The molecule has 10 nitrogen and oxygen atoms in total. The van der Waals surface area contributed by atoms with Crippen LogP contribution in [0.15, 0.2) is 57.6 Å². The number of benzene rings is 1. The Bertz CT molecular complexity index is 2100. The lowest BCUT2D eigenvalue weighted by atomic mass is 9.47. The van der Waals surface area contributed by atoms with E-state index in [1.807, 2.05) is 26.8 Å². The van der Waals surface area contributed by atoms with Crippen LogP contribution >= 0.6 is 0 Å². The average molecular weight is 801 g/mol. The van der Waals surface area contributed by atoms with Crippen molar-refractivity contribution in [3.05, 3.63) is 53.1 Å². The molecule has 7 aliphatic carbocycles. The monoisotopic (exact) mass is 800 g/mol. The number of allylic oxidation sites excluding steroid dienone is 2. The molecule has 0 saturated heterocycles. The third kappa shape index (κ3) is 6.62. The second kappa shape index (κ2) is 14.5. The van der Waals surface area contributed by atoms with E-state index < -0.39 is 20.9 Å². The van der Waals surface area contributed by atoms with Gasteiger partial charge in [0, 0.05) is 66.4 Å². The molecule has 11 heteroatoms. The summed E-state index contributed by atoms with van der Waals surface area (Å²) in [6.07, 6.45) is 13.1. The maximum absolute atomic E-state index is 13.7. The Hall–Kier alpha value is -3.73. The molecule has 1 aromatic rings. The summed E-state index contributed by atoms with van der Waals surface area (Å²) in [5.74, 6) is 2.00. The summed E-state index contributed by atoms with van der Waals surface area (Å²) in [5, 5.41) is 7.08. The molecule has 1 aromatic carbocycles. The summed E-state index contributed by atoms with van der Waals surface area (Å²) in [6, 6.07) is 6.47. The quantitative estimate of drug-likeness (QED) is 0.304. The van der Waals surface area contributed by atoms with Gasteiger partial charge in [0.25, 0.3) is 0 Å². The molecule has 9 rings (SSSR count). The Morgan fingerprint density at radius 1 is 0.684 bits per heavy atom. The summed E-state index contributed by atoms with van der Waals surface area (Å²) in [7, 11) is -4.02. The molecule has 8 aliphatic rings. The Balaban J connectivity index is 0.000000186. The normalized spacial score (nSPS) is 40.2. The Morgan fingerprint density at radius 2 is 1.25 bits per heavy atom. The Kier molecular flexibility index (Phi) is 10.6. The number of Topliss-reactive ketones (excluding diaryl/α,β-unsaturated/α-hetero) is 3. The van der Waals surface area contributed by atoms with Crippen LogP contribution in [0.5, 0.6) is 0 Å². The van der Waals surface area contributed by atoms with Crippen LogP contribution in [0.3, 0.4) is 0 Å². The molecule has 0 unspecified atom stereocenters. The minimum atomic E-state index is -4.02. The van der Waals surface area contributed by atoms with Crippen LogP contribution in [-0.4, -0.2) is 49.7 Å². The van der Waals surface area contributed by atoms with Gasteiger partial charge in [-0.05, 0) is 112 Å². The number of rotatable bonds is 3. The predicted octanol–water partition coefficient (Wildman–Crippen LogP) is 7.83. The molecule has 0 radical (unpaired) electrons. The van der Waals surface area contributed by atoms with Crippen molar-refractivity contribution in [2.24, 2.45) is 62.3 Å². The maximum Gasteiger partial charge on any atom is 0.358 e. The fourth-order valence-corrected chi connectivity index (χ4v) is 14.1. The molecular formula is C46H60N2O8S. The van der Waals surface area contributed by atoms with Crippen LogP contribution in [-0.2, 0) is 38.4 Å². The van der Waals surface area contributed by atoms with Gasteiger partial charge in [0.05, 0.1) is 5.71 Å². The van der Waals surface area contributed by atoms with Crippen LogP contribution in [0, 0.1) is 64.1 Å². The topological polar surface area (TPSA) is 153 Å². The fraction of sp³-hybridized carbons (Fsp3) is 0.652. The van der Waals surface area contributed by atoms with Gasteiger partial charge in [0.2, 0.25) is 5.91 Å². The molecule has 1 aliphatic heterocycles. The van der Waals surface area contributed by atoms with Gasteiger partial charge in [0.15, 0.2) is 5.78 Å². The molecule has 1 N–H and O–H groups in total. The van der Waals surface area contributed by atoms with Gasteiger partial charge >= 0.3 is 10.1 Å². The van der Waals surface area contributed by atoms with E-state index >= 15 is 0 Å². The second-order valence-corrected chi connectivity index (χ2v) is 20.8. The van der Waals surface area contributed by atoms with E-state index in [2.05, 4.69) is 24.3 Å². The first-order valence-electron chi connectivity index (χ1n) is 20.8. The molecular weight excluding hydrogens is 741 g/mol. The van der Waals surface area contributed by atoms with Crippen LogP contribution in [0.2, 0.25) is 0 Å². The number of fused-ring (bicyclic) bond motifs is 10. The third-order valence-corrected chi connectivity index (χ3v) is 17.5. The molecule has 1 heterocycles. The molecule has 1 amide bonds. The van der Waals surface area contributed by atoms with E-state index in [0.717, 1.165) is 62.5 Å². The lowest BCUT2D eigenvalue weighted by Gasteiger charge is -2.55. The summed E-state index contributed by atoms with van der Waals surface area (Å²) in [5.41, 5.74) is 2.57. The van der Waals surface area contributed by atoms with Gasteiger partial charge in [-0.1, -0.05) is 69.1 Å². The zero-order valence-corrected chi connectivity index (χ0v) is 34.3.